The molecule has 2 N–H and O–H groups in total. The van der Waals surface area contributed by atoms with Gasteiger partial charge in [-0.1, -0.05) is 68.4 Å². The van der Waals surface area contributed by atoms with Crippen LogP contribution in [0.1, 0.15) is 45.1 Å². The highest BCUT2D eigenvalue weighted by Crippen LogP contribution is 2.11. The Bertz CT molecular complexity index is 774. The number of hydrogen-bond donors (Lipinski definition) is 2. The lowest BCUT2D eigenvalue weighted by Gasteiger charge is -2.33. The molecule has 2 amide bonds. The molecule has 0 saturated heterocycles. The maximum Gasteiger partial charge on any atom is 0.220 e. The zero-order valence-electron chi connectivity index (χ0n) is 23.1. The number of carbonyl (C=O) groups excluding carboxylic acids is 2. The molecule has 0 atom stereocenters. The van der Waals surface area contributed by atoms with E-state index in [-0.39, 0.29) is 45.5 Å². The Morgan fingerprint density at radius 2 is 1.42 bits per heavy atom. The minimum Gasteiger partial charge on any atom is -0.380 e. The summed E-state index contributed by atoms with van der Waals surface area (Å²) in [6, 6.07) is 10.1. The summed E-state index contributed by atoms with van der Waals surface area (Å²) in [6.07, 6.45) is 18.9. The van der Waals surface area contributed by atoms with Crippen molar-refractivity contribution in [1.82, 2.24) is 10.6 Å². The van der Waals surface area contributed by atoms with E-state index >= 15 is 0 Å². The van der Waals surface area contributed by atoms with Crippen LogP contribution in [0.25, 0.3) is 0 Å². The van der Waals surface area contributed by atoms with Crippen molar-refractivity contribution in [3.05, 3.63) is 35.9 Å². The molecule has 0 aliphatic heterocycles. The number of benzene rings is 1. The summed E-state index contributed by atoms with van der Waals surface area (Å²) in [5.74, 6) is 6.95. The number of terminal acetylenes is 3. The first-order valence-corrected chi connectivity index (χ1v) is 12.6. The lowest BCUT2D eigenvalue weighted by Crippen LogP contribution is -2.58. The van der Waals surface area contributed by atoms with Crippen molar-refractivity contribution in [3.63, 3.8) is 0 Å². The van der Waals surface area contributed by atoms with Gasteiger partial charge in [0.2, 0.25) is 12.3 Å². The van der Waals surface area contributed by atoms with Crippen LogP contribution in [0.2, 0.25) is 0 Å². The normalized spacial score (nSPS) is 9.68. The predicted molar refractivity (Wildman–Crippen MR) is 151 cm³/mol. The van der Waals surface area contributed by atoms with Crippen molar-refractivity contribution in [2.75, 3.05) is 53.3 Å². The van der Waals surface area contributed by atoms with Crippen LogP contribution in [0.3, 0.4) is 0 Å². The minimum atomic E-state index is -0.944. The fourth-order valence-electron chi connectivity index (χ4n) is 3.00. The van der Waals surface area contributed by atoms with Gasteiger partial charge in [-0.05, 0) is 18.4 Å². The molecule has 0 bridgehead atoms. The zero-order chi connectivity index (χ0) is 28.7. The van der Waals surface area contributed by atoms with Crippen LogP contribution in [-0.2, 0) is 35.1 Å². The van der Waals surface area contributed by atoms with E-state index in [2.05, 4.69) is 28.4 Å². The Labute approximate surface area is 229 Å². The van der Waals surface area contributed by atoms with Gasteiger partial charge in [0.05, 0.1) is 26.4 Å². The van der Waals surface area contributed by atoms with Crippen molar-refractivity contribution in [3.8, 4) is 37.0 Å². The highest BCUT2D eigenvalue weighted by molar-refractivity contribution is 5.76. The Kier molecular flexibility index (Phi) is 27.4. The number of methoxy groups -OCH3 is 1. The van der Waals surface area contributed by atoms with E-state index in [4.69, 9.17) is 38.2 Å². The summed E-state index contributed by atoms with van der Waals surface area (Å²) < 4.78 is 21.2. The highest BCUT2D eigenvalue weighted by atomic mass is 16.5. The largest absolute Gasteiger partial charge is 0.380 e. The number of amides is 2. The van der Waals surface area contributed by atoms with Crippen LogP contribution in [0.5, 0.6) is 0 Å². The maximum absolute atomic E-state index is 12.4. The van der Waals surface area contributed by atoms with E-state index in [1.807, 2.05) is 44.2 Å². The van der Waals surface area contributed by atoms with Gasteiger partial charge in [0.15, 0.2) is 0 Å². The van der Waals surface area contributed by atoms with Crippen LogP contribution in [0, 0.1) is 37.0 Å². The fraction of sp³-hybridized carbons (Fsp3) is 0.533. The SMILES string of the molecule is C#CCOCC(COCC#C)(COCC#C)NC(=O)CCCCCNC=O.CC.COCc1ccccc1. The fourth-order valence-corrected chi connectivity index (χ4v) is 3.00. The van der Waals surface area contributed by atoms with Gasteiger partial charge in [-0.2, -0.15) is 0 Å². The van der Waals surface area contributed by atoms with Gasteiger partial charge in [0, 0.05) is 20.1 Å². The van der Waals surface area contributed by atoms with Crippen molar-refractivity contribution in [2.24, 2.45) is 0 Å². The van der Waals surface area contributed by atoms with Crippen LogP contribution >= 0.6 is 0 Å². The standard InChI is InChI=1S/C20H28N2O5.C8H10O.C2H6/c1-4-12-25-15-20(16-26-13-5-2,17-27-14-6-3)22-19(24)10-8-7-9-11-21-18-23;1-9-7-8-5-3-2-4-6-8;1-2/h1-3,18H,7-17H2,(H,21,23)(H,22,24);2-6H,7H2,1H3;1-2H3. The molecule has 1 aromatic carbocycles. The summed E-state index contributed by atoms with van der Waals surface area (Å²) in [5, 5.41) is 5.50. The molecule has 1 aromatic rings. The van der Waals surface area contributed by atoms with Gasteiger partial charge >= 0.3 is 0 Å². The monoisotopic (exact) mass is 528 g/mol. The van der Waals surface area contributed by atoms with Crippen molar-refractivity contribution >= 4 is 12.3 Å². The number of ether oxygens (including phenoxy) is 4. The van der Waals surface area contributed by atoms with E-state index in [1.165, 1.54) is 5.56 Å². The van der Waals surface area contributed by atoms with Crippen molar-refractivity contribution in [2.45, 2.75) is 51.7 Å². The molecule has 0 aliphatic rings. The molecule has 8 nitrogen and oxygen atoms in total. The smallest absolute Gasteiger partial charge is 0.220 e. The van der Waals surface area contributed by atoms with E-state index in [9.17, 15) is 9.59 Å². The van der Waals surface area contributed by atoms with Crippen LogP contribution in [0.4, 0.5) is 0 Å². The lowest BCUT2D eigenvalue weighted by molar-refractivity contribution is -0.127. The third-order valence-corrected chi connectivity index (χ3v) is 4.56. The molecule has 1 rings (SSSR count). The quantitative estimate of drug-likeness (QED) is 0.163. The van der Waals surface area contributed by atoms with Crippen LogP contribution in [0.15, 0.2) is 30.3 Å². The number of unbranched alkanes of at least 4 members (excludes halogenated alkanes) is 2. The number of carbonyl (C=O) groups is 2. The molecule has 0 saturated carbocycles. The molecule has 0 radical (unpaired) electrons. The second-order valence-corrected chi connectivity index (χ2v) is 7.72. The molecule has 210 valence electrons. The Hall–Kier alpha value is -3.32. The van der Waals surface area contributed by atoms with E-state index in [1.54, 1.807) is 7.11 Å². The summed E-state index contributed by atoms with van der Waals surface area (Å²) in [5.41, 5.74) is 0.278. The molecule has 38 heavy (non-hydrogen) atoms. The first-order valence-electron chi connectivity index (χ1n) is 12.6. The molecule has 0 aliphatic carbocycles. The van der Waals surface area contributed by atoms with Gasteiger partial charge in [-0.3, -0.25) is 9.59 Å². The Morgan fingerprint density at radius 3 is 1.87 bits per heavy atom. The summed E-state index contributed by atoms with van der Waals surface area (Å²) in [4.78, 5) is 22.6. The van der Waals surface area contributed by atoms with E-state index < -0.39 is 5.54 Å². The topological polar surface area (TPSA) is 95.1 Å². The molecule has 0 unspecified atom stereocenters. The molecule has 8 heteroatoms. The van der Waals surface area contributed by atoms with Gasteiger partial charge in [-0.15, -0.1) is 19.3 Å². The van der Waals surface area contributed by atoms with E-state index in [0.29, 0.717) is 32.4 Å². The van der Waals surface area contributed by atoms with Crippen LogP contribution < -0.4 is 10.6 Å². The Morgan fingerprint density at radius 1 is 0.895 bits per heavy atom. The summed E-state index contributed by atoms with van der Waals surface area (Å²) >= 11 is 0. The molecule has 0 fully saturated rings. The van der Waals surface area contributed by atoms with E-state index in [0.717, 1.165) is 12.8 Å². The third kappa shape index (κ3) is 21.9. The molecule has 0 spiro atoms. The van der Waals surface area contributed by atoms with Gasteiger partial charge in [0.25, 0.3) is 0 Å². The van der Waals surface area contributed by atoms with Gasteiger partial charge in [-0.25, -0.2) is 0 Å². The van der Waals surface area contributed by atoms with Crippen molar-refractivity contribution < 1.29 is 28.5 Å². The van der Waals surface area contributed by atoms with Gasteiger partial charge in [0.1, 0.15) is 25.4 Å². The molecule has 0 aromatic heterocycles. The molecule has 0 heterocycles. The maximum atomic E-state index is 12.4. The second kappa shape index (κ2) is 28.3. The number of nitrogens with one attached hydrogen (secondary N) is 2. The number of hydrogen-bond acceptors (Lipinski definition) is 6. The first-order chi connectivity index (χ1) is 18.6. The average molecular weight is 529 g/mol. The lowest BCUT2D eigenvalue weighted by atomic mass is 10.0. The minimum absolute atomic E-state index is 0.0889. The number of rotatable bonds is 19. The summed E-state index contributed by atoms with van der Waals surface area (Å²) in [7, 11) is 1.70. The van der Waals surface area contributed by atoms with Crippen LogP contribution in [-0.4, -0.2) is 71.2 Å². The summed E-state index contributed by atoms with van der Waals surface area (Å²) in [6.45, 7) is 5.86. The Balaban J connectivity index is 0. The predicted octanol–water partition coefficient (Wildman–Crippen LogP) is 2.96. The second-order valence-electron chi connectivity index (χ2n) is 7.72. The highest BCUT2D eigenvalue weighted by Gasteiger charge is 2.33. The average Bonchev–Trinajstić information content (AvgIpc) is 2.93. The van der Waals surface area contributed by atoms with Crippen molar-refractivity contribution in [1.29, 1.82) is 0 Å². The first kappa shape index (κ1) is 36.8. The zero-order valence-corrected chi connectivity index (χ0v) is 23.1. The molecular weight excluding hydrogens is 484 g/mol. The van der Waals surface area contributed by atoms with Gasteiger partial charge < -0.3 is 29.6 Å². The third-order valence-electron chi connectivity index (χ3n) is 4.56. The molecular formula is C30H44N2O6.